The molecule has 4 heteroatoms. The summed E-state index contributed by atoms with van der Waals surface area (Å²) in [5.74, 6) is -1.12. The molecule has 0 amide bonds. The molecule has 1 aliphatic carbocycles. The number of methoxy groups -OCH3 is 1. The lowest BCUT2D eigenvalue weighted by atomic mass is 9.77. The average Bonchev–Trinajstić information content (AvgIpc) is 2.38. The Balaban J connectivity index is 2.12. The second-order valence-corrected chi connectivity index (χ2v) is 5.42. The number of hydrogen-bond donors (Lipinski definition) is 1. The molecule has 106 valence electrons. The Labute approximate surface area is 112 Å². The Morgan fingerprint density at radius 1 is 1.16 bits per heavy atom. The van der Waals surface area contributed by atoms with Crippen LogP contribution in [0.4, 0.5) is 8.78 Å². The first-order chi connectivity index (χ1) is 9.05. The van der Waals surface area contributed by atoms with Gasteiger partial charge in [-0.1, -0.05) is 19.3 Å². The number of nitrogens with two attached hydrogens (primary N) is 1. The molecule has 19 heavy (non-hydrogen) atoms. The summed E-state index contributed by atoms with van der Waals surface area (Å²) in [4.78, 5) is 0. The standard InChI is InChI=1S/C15H21F2NO/c1-19-15(5-3-2-4-6-15)14(18)9-11-7-12(16)10-13(17)8-11/h7-8,10,14H,2-6,9,18H2,1H3. The van der Waals surface area contributed by atoms with Gasteiger partial charge in [0, 0.05) is 19.2 Å². The maximum Gasteiger partial charge on any atom is 0.126 e. The number of ether oxygens (including phenoxy) is 1. The van der Waals surface area contributed by atoms with E-state index < -0.39 is 11.6 Å². The van der Waals surface area contributed by atoms with Crippen molar-refractivity contribution in [3.05, 3.63) is 35.4 Å². The van der Waals surface area contributed by atoms with Crippen molar-refractivity contribution < 1.29 is 13.5 Å². The Hall–Kier alpha value is -1.00. The van der Waals surface area contributed by atoms with Crippen LogP contribution in [0.5, 0.6) is 0 Å². The molecule has 1 saturated carbocycles. The maximum atomic E-state index is 13.2. The fourth-order valence-electron chi connectivity index (χ4n) is 3.05. The van der Waals surface area contributed by atoms with E-state index in [1.165, 1.54) is 18.6 Å². The normalized spacial score (nSPS) is 20.2. The van der Waals surface area contributed by atoms with Gasteiger partial charge < -0.3 is 10.5 Å². The Morgan fingerprint density at radius 2 is 1.74 bits per heavy atom. The van der Waals surface area contributed by atoms with E-state index in [1.807, 2.05) is 0 Å². The molecule has 1 unspecified atom stereocenters. The molecule has 1 fully saturated rings. The van der Waals surface area contributed by atoms with Crippen LogP contribution in [0, 0.1) is 11.6 Å². The highest BCUT2D eigenvalue weighted by molar-refractivity contribution is 5.20. The van der Waals surface area contributed by atoms with Crippen LogP contribution in [0.15, 0.2) is 18.2 Å². The van der Waals surface area contributed by atoms with Gasteiger partial charge in [-0.3, -0.25) is 0 Å². The average molecular weight is 269 g/mol. The SMILES string of the molecule is COC1(C(N)Cc2cc(F)cc(F)c2)CCCCC1. The molecule has 2 nitrogen and oxygen atoms in total. The van der Waals surface area contributed by atoms with E-state index in [-0.39, 0.29) is 11.6 Å². The molecule has 0 aliphatic heterocycles. The molecule has 0 aromatic heterocycles. The van der Waals surface area contributed by atoms with Crippen LogP contribution in [0.25, 0.3) is 0 Å². The number of rotatable bonds is 4. The summed E-state index contributed by atoms with van der Waals surface area (Å²) in [5, 5.41) is 0. The molecule has 0 saturated heterocycles. The first-order valence-corrected chi connectivity index (χ1v) is 6.81. The van der Waals surface area contributed by atoms with Gasteiger partial charge in [0.1, 0.15) is 11.6 Å². The summed E-state index contributed by atoms with van der Waals surface area (Å²) in [7, 11) is 1.68. The predicted octanol–water partition coefficient (Wildman–Crippen LogP) is 3.18. The molecule has 0 radical (unpaired) electrons. The molecule has 2 rings (SSSR count). The third-order valence-electron chi connectivity index (χ3n) is 4.16. The third-order valence-corrected chi connectivity index (χ3v) is 4.16. The van der Waals surface area contributed by atoms with E-state index >= 15 is 0 Å². The molecule has 0 heterocycles. The van der Waals surface area contributed by atoms with E-state index in [1.54, 1.807) is 7.11 Å². The van der Waals surface area contributed by atoms with Crippen molar-refractivity contribution in [3.8, 4) is 0 Å². The molecular formula is C15H21F2NO. The van der Waals surface area contributed by atoms with Crippen LogP contribution in [0.1, 0.15) is 37.7 Å². The first kappa shape index (κ1) is 14.4. The molecular weight excluding hydrogens is 248 g/mol. The van der Waals surface area contributed by atoms with Crippen LogP contribution in [0.2, 0.25) is 0 Å². The smallest absolute Gasteiger partial charge is 0.126 e. The van der Waals surface area contributed by atoms with Crippen molar-refractivity contribution in [1.82, 2.24) is 0 Å². The molecule has 1 atom stereocenters. The largest absolute Gasteiger partial charge is 0.377 e. The van der Waals surface area contributed by atoms with E-state index in [2.05, 4.69) is 0 Å². The number of halogens is 2. The molecule has 2 N–H and O–H groups in total. The minimum atomic E-state index is -0.558. The van der Waals surface area contributed by atoms with Gasteiger partial charge in [-0.25, -0.2) is 8.78 Å². The summed E-state index contributed by atoms with van der Waals surface area (Å²) in [6.45, 7) is 0. The molecule has 1 aromatic carbocycles. The summed E-state index contributed by atoms with van der Waals surface area (Å²) in [6, 6.07) is 3.32. The first-order valence-electron chi connectivity index (χ1n) is 6.81. The lowest BCUT2D eigenvalue weighted by molar-refractivity contribution is -0.0583. The summed E-state index contributed by atoms with van der Waals surface area (Å²) >= 11 is 0. The Bertz CT molecular complexity index is 410. The molecule has 1 aliphatic rings. The highest BCUT2D eigenvalue weighted by Gasteiger charge is 2.37. The number of hydrogen-bond acceptors (Lipinski definition) is 2. The quantitative estimate of drug-likeness (QED) is 0.911. The van der Waals surface area contributed by atoms with Gasteiger partial charge in [0.25, 0.3) is 0 Å². The van der Waals surface area contributed by atoms with Gasteiger partial charge in [0.2, 0.25) is 0 Å². The Kier molecular flexibility index (Phi) is 4.53. The van der Waals surface area contributed by atoms with Gasteiger partial charge in [-0.2, -0.15) is 0 Å². The van der Waals surface area contributed by atoms with Crippen LogP contribution >= 0.6 is 0 Å². The third kappa shape index (κ3) is 3.31. The van der Waals surface area contributed by atoms with E-state index in [0.29, 0.717) is 12.0 Å². The highest BCUT2D eigenvalue weighted by atomic mass is 19.1. The second-order valence-electron chi connectivity index (χ2n) is 5.42. The van der Waals surface area contributed by atoms with Crippen molar-refractivity contribution in [2.45, 2.75) is 50.2 Å². The minimum absolute atomic E-state index is 0.237. The van der Waals surface area contributed by atoms with E-state index in [4.69, 9.17) is 10.5 Å². The lowest BCUT2D eigenvalue weighted by Crippen LogP contribution is -2.51. The molecule has 0 bridgehead atoms. The maximum absolute atomic E-state index is 13.2. The number of benzene rings is 1. The van der Waals surface area contributed by atoms with E-state index in [9.17, 15) is 8.78 Å². The molecule has 0 spiro atoms. The second kappa shape index (κ2) is 5.97. The predicted molar refractivity (Wildman–Crippen MR) is 70.9 cm³/mol. The zero-order valence-corrected chi connectivity index (χ0v) is 11.3. The van der Waals surface area contributed by atoms with Crippen LogP contribution in [-0.2, 0) is 11.2 Å². The van der Waals surface area contributed by atoms with E-state index in [0.717, 1.165) is 31.7 Å². The van der Waals surface area contributed by atoms with Crippen molar-refractivity contribution in [3.63, 3.8) is 0 Å². The summed E-state index contributed by atoms with van der Waals surface area (Å²) in [6.07, 6.45) is 5.66. The van der Waals surface area contributed by atoms with Gasteiger partial charge in [-0.05, 0) is 37.0 Å². The van der Waals surface area contributed by atoms with Gasteiger partial charge in [0.05, 0.1) is 5.60 Å². The van der Waals surface area contributed by atoms with Crippen LogP contribution < -0.4 is 5.73 Å². The van der Waals surface area contributed by atoms with Crippen LogP contribution in [-0.4, -0.2) is 18.8 Å². The topological polar surface area (TPSA) is 35.2 Å². The monoisotopic (exact) mass is 269 g/mol. The van der Waals surface area contributed by atoms with Crippen LogP contribution in [0.3, 0.4) is 0 Å². The zero-order valence-electron chi connectivity index (χ0n) is 11.3. The van der Waals surface area contributed by atoms with Crippen molar-refractivity contribution >= 4 is 0 Å². The van der Waals surface area contributed by atoms with Crippen molar-refractivity contribution in [2.75, 3.05) is 7.11 Å². The van der Waals surface area contributed by atoms with Gasteiger partial charge in [0.15, 0.2) is 0 Å². The summed E-state index contributed by atoms with van der Waals surface area (Å²) in [5.41, 5.74) is 6.50. The van der Waals surface area contributed by atoms with Crippen molar-refractivity contribution in [2.24, 2.45) is 5.73 Å². The summed E-state index contributed by atoms with van der Waals surface area (Å²) < 4.78 is 32.0. The van der Waals surface area contributed by atoms with Gasteiger partial charge in [-0.15, -0.1) is 0 Å². The Morgan fingerprint density at radius 3 is 2.26 bits per heavy atom. The lowest BCUT2D eigenvalue weighted by Gasteiger charge is -2.41. The fraction of sp³-hybridized carbons (Fsp3) is 0.600. The highest BCUT2D eigenvalue weighted by Crippen LogP contribution is 2.34. The zero-order chi connectivity index (χ0) is 13.9. The minimum Gasteiger partial charge on any atom is -0.377 e. The molecule has 1 aromatic rings. The fourth-order valence-corrected chi connectivity index (χ4v) is 3.05. The van der Waals surface area contributed by atoms with Gasteiger partial charge >= 0.3 is 0 Å². The van der Waals surface area contributed by atoms with Crippen molar-refractivity contribution in [1.29, 1.82) is 0 Å².